The molecule has 1 saturated heterocycles. The van der Waals surface area contributed by atoms with Gasteiger partial charge in [-0.3, -0.25) is 4.68 Å². The second-order valence-corrected chi connectivity index (χ2v) is 6.91. The van der Waals surface area contributed by atoms with Crippen LogP contribution in [-0.4, -0.2) is 54.2 Å². The lowest BCUT2D eigenvalue weighted by Gasteiger charge is -2.29. The third-order valence-electron chi connectivity index (χ3n) is 3.77. The van der Waals surface area contributed by atoms with Gasteiger partial charge >= 0.3 is 6.09 Å². The average molecular weight is 323 g/mol. The molecule has 0 bridgehead atoms. The number of ether oxygens (including phenoxy) is 1. The van der Waals surface area contributed by atoms with Crippen LogP contribution in [0.2, 0.25) is 0 Å². The Morgan fingerprint density at radius 2 is 1.96 bits per heavy atom. The molecule has 0 saturated carbocycles. The van der Waals surface area contributed by atoms with Crippen molar-refractivity contribution >= 4 is 11.8 Å². The zero-order chi connectivity index (χ0) is 17.0. The highest BCUT2D eigenvalue weighted by Crippen LogP contribution is 2.24. The van der Waals surface area contributed by atoms with Crippen LogP contribution < -0.4 is 15.5 Å². The number of alkyl carbamates (subject to hydrolysis) is 1. The molecule has 0 aromatic carbocycles. The Balaban J connectivity index is 1.92. The van der Waals surface area contributed by atoms with Crippen molar-refractivity contribution in [3.8, 4) is 0 Å². The zero-order valence-corrected chi connectivity index (χ0v) is 14.9. The minimum atomic E-state index is -0.474. The van der Waals surface area contributed by atoms with Gasteiger partial charge < -0.3 is 20.3 Å². The molecule has 7 nitrogen and oxygen atoms in total. The van der Waals surface area contributed by atoms with E-state index in [4.69, 9.17) is 4.74 Å². The maximum Gasteiger partial charge on any atom is 0.407 e. The summed E-state index contributed by atoms with van der Waals surface area (Å²) in [6, 6.07) is 0. The van der Waals surface area contributed by atoms with E-state index in [2.05, 4.69) is 27.6 Å². The lowest BCUT2D eigenvalue weighted by Crippen LogP contribution is -2.44. The fourth-order valence-electron chi connectivity index (χ4n) is 2.83. The number of aromatic nitrogens is 2. The number of anilines is 1. The normalized spacial score (nSPS) is 15.6. The molecule has 7 heteroatoms. The van der Waals surface area contributed by atoms with Crippen molar-refractivity contribution in [1.82, 2.24) is 20.4 Å². The van der Waals surface area contributed by atoms with E-state index in [1.807, 2.05) is 32.4 Å². The van der Waals surface area contributed by atoms with Crippen LogP contribution in [0.3, 0.4) is 0 Å². The fraction of sp³-hybridized carbons (Fsp3) is 0.750. The van der Waals surface area contributed by atoms with E-state index in [0.717, 1.165) is 37.6 Å². The predicted octanol–water partition coefficient (Wildman–Crippen LogP) is 1.43. The standard InChI is InChI=1S/C16H29N5O2/c1-12-14(20-9-6-17-7-10-20)13(2)21(19-12)11-8-18-15(22)23-16(3,4)5/h17H,6-11H2,1-5H3,(H,18,22). The molecule has 1 aromatic rings. The largest absolute Gasteiger partial charge is 0.444 e. The van der Waals surface area contributed by atoms with Crippen molar-refractivity contribution in [2.24, 2.45) is 0 Å². The first-order valence-electron chi connectivity index (χ1n) is 8.24. The van der Waals surface area contributed by atoms with Gasteiger partial charge in [-0.15, -0.1) is 0 Å². The Labute approximate surface area is 138 Å². The molecule has 1 aliphatic heterocycles. The van der Waals surface area contributed by atoms with Gasteiger partial charge in [0.2, 0.25) is 0 Å². The van der Waals surface area contributed by atoms with Crippen molar-refractivity contribution in [3.63, 3.8) is 0 Å². The predicted molar refractivity (Wildman–Crippen MR) is 91.0 cm³/mol. The zero-order valence-electron chi connectivity index (χ0n) is 14.9. The first-order valence-corrected chi connectivity index (χ1v) is 8.24. The van der Waals surface area contributed by atoms with Crippen LogP contribution in [0, 0.1) is 13.8 Å². The van der Waals surface area contributed by atoms with E-state index in [9.17, 15) is 4.79 Å². The molecule has 1 aliphatic rings. The van der Waals surface area contributed by atoms with E-state index < -0.39 is 5.60 Å². The van der Waals surface area contributed by atoms with Gasteiger partial charge in [-0.2, -0.15) is 5.10 Å². The van der Waals surface area contributed by atoms with Gasteiger partial charge in [0.15, 0.2) is 0 Å². The molecule has 1 fully saturated rings. The van der Waals surface area contributed by atoms with Crippen LogP contribution in [0.4, 0.5) is 10.5 Å². The molecule has 2 N–H and O–H groups in total. The van der Waals surface area contributed by atoms with Gasteiger partial charge in [-0.1, -0.05) is 0 Å². The van der Waals surface area contributed by atoms with Gasteiger partial charge in [0.1, 0.15) is 5.60 Å². The van der Waals surface area contributed by atoms with E-state index in [1.165, 1.54) is 5.69 Å². The van der Waals surface area contributed by atoms with Crippen LogP contribution in [0.1, 0.15) is 32.2 Å². The fourth-order valence-corrected chi connectivity index (χ4v) is 2.83. The molecular formula is C16H29N5O2. The van der Waals surface area contributed by atoms with Crippen molar-refractivity contribution < 1.29 is 9.53 Å². The molecule has 0 spiro atoms. The molecule has 0 unspecified atom stereocenters. The number of amides is 1. The highest BCUT2D eigenvalue weighted by atomic mass is 16.6. The third-order valence-corrected chi connectivity index (χ3v) is 3.77. The SMILES string of the molecule is Cc1nn(CCNC(=O)OC(C)(C)C)c(C)c1N1CCNCC1. The number of hydrogen-bond acceptors (Lipinski definition) is 5. The summed E-state index contributed by atoms with van der Waals surface area (Å²) in [6.07, 6.45) is -0.388. The molecule has 0 atom stereocenters. The van der Waals surface area contributed by atoms with E-state index in [0.29, 0.717) is 13.1 Å². The lowest BCUT2D eigenvalue weighted by molar-refractivity contribution is 0.0525. The summed E-state index contributed by atoms with van der Waals surface area (Å²) < 4.78 is 7.20. The number of carbonyl (C=O) groups is 1. The number of hydrogen-bond donors (Lipinski definition) is 2. The number of aryl methyl sites for hydroxylation is 1. The number of nitrogens with one attached hydrogen (secondary N) is 2. The molecule has 2 rings (SSSR count). The Kier molecular flexibility index (Phi) is 5.51. The van der Waals surface area contributed by atoms with Crippen LogP contribution in [0.15, 0.2) is 0 Å². The van der Waals surface area contributed by atoms with Gasteiger partial charge in [0, 0.05) is 32.7 Å². The van der Waals surface area contributed by atoms with Crippen molar-refractivity contribution in [2.75, 3.05) is 37.6 Å². The third kappa shape index (κ3) is 4.86. The highest BCUT2D eigenvalue weighted by Gasteiger charge is 2.20. The Morgan fingerprint density at radius 1 is 1.30 bits per heavy atom. The minimum Gasteiger partial charge on any atom is -0.444 e. The van der Waals surface area contributed by atoms with Gasteiger partial charge in [-0.25, -0.2) is 4.79 Å². The first kappa shape index (κ1) is 17.6. The smallest absolute Gasteiger partial charge is 0.407 e. The van der Waals surface area contributed by atoms with Crippen LogP contribution in [0.25, 0.3) is 0 Å². The number of nitrogens with zero attached hydrogens (tertiary/aromatic N) is 3. The molecule has 130 valence electrons. The molecule has 2 heterocycles. The summed E-state index contributed by atoms with van der Waals surface area (Å²) in [7, 11) is 0. The summed E-state index contributed by atoms with van der Waals surface area (Å²) in [5.74, 6) is 0. The molecule has 0 radical (unpaired) electrons. The topological polar surface area (TPSA) is 71.4 Å². The van der Waals surface area contributed by atoms with E-state index >= 15 is 0 Å². The quantitative estimate of drug-likeness (QED) is 0.877. The van der Waals surface area contributed by atoms with E-state index in [1.54, 1.807) is 0 Å². The molecular weight excluding hydrogens is 294 g/mol. The monoisotopic (exact) mass is 323 g/mol. The summed E-state index contributed by atoms with van der Waals surface area (Å²) in [5, 5.41) is 10.8. The number of rotatable bonds is 4. The summed E-state index contributed by atoms with van der Waals surface area (Å²) >= 11 is 0. The summed E-state index contributed by atoms with van der Waals surface area (Å²) in [5.41, 5.74) is 2.94. The highest BCUT2D eigenvalue weighted by molar-refractivity contribution is 5.67. The molecule has 23 heavy (non-hydrogen) atoms. The maximum absolute atomic E-state index is 11.7. The van der Waals surface area contributed by atoms with Crippen LogP contribution in [0.5, 0.6) is 0 Å². The summed E-state index contributed by atoms with van der Waals surface area (Å²) in [6.45, 7) is 14.8. The Morgan fingerprint density at radius 3 is 2.57 bits per heavy atom. The van der Waals surface area contributed by atoms with Crippen LogP contribution >= 0.6 is 0 Å². The van der Waals surface area contributed by atoms with Crippen LogP contribution in [-0.2, 0) is 11.3 Å². The lowest BCUT2D eigenvalue weighted by atomic mass is 10.2. The Bertz CT molecular complexity index is 541. The summed E-state index contributed by atoms with van der Waals surface area (Å²) in [4.78, 5) is 14.1. The molecule has 1 aromatic heterocycles. The van der Waals surface area contributed by atoms with E-state index in [-0.39, 0.29) is 6.09 Å². The first-order chi connectivity index (χ1) is 10.8. The van der Waals surface area contributed by atoms with Gasteiger partial charge in [0.25, 0.3) is 0 Å². The second-order valence-electron chi connectivity index (χ2n) is 6.91. The van der Waals surface area contributed by atoms with Gasteiger partial charge in [0.05, 0.1) is 23.6 Å². The van der Waals surface area contributed by atoms with Gasteiger partial charge in [-0.05, 0) is 34.6 Å². The van der Waals surface area contributed by atoms with Crippen molar-refractivity contribution in [2.45, 2.75) is 46.8 Å². The second kappa shape index (κ2) is 7.21. The number of carbonyl (C=O) groups excluding carboxylic acids is 1. The molecule has 1 amide bonds. The minimum absolute atomic E-state index is 0.388. The van der Waals surface area contributed by atoms with Crippen molar-refractivity contribution in [3.05, 3.63) is 11.4 Å². The maximum atomic E-state index is 11.7. The molecule has 0 aliphatic carbocycles. The average Bonchev–Trinajstić information content (AvgIpc) is 2.72. The Hall–Kier alpha value is -1.76. The number of piperazine rings is 1. The van der Waals surface area contributed by atoms with Crippen molar-refractivity contribution in [1.29, 1.82) is 0 Å².